The van der Waals surface area contributed by atoms with E-state index in [1.807, 2.05) is 11.3 Å². The van der Waals surface area contributed by atoms with Crippen molar-refractivity contribution in [1.82, 2.24) is 5.32 Å². The quantitative estimate of drug-likeness (QED) is 0.763. The zero-order valence-corrected chi connectivity index (χ0v) is 13.9. The van der Waals surface area contributed by atoms with Gasteiger partial charge in [-0.05, 0) is 80.8 Å². The lowest BCUT2D eigenvalue weighted by Gasteiger charge is -2.20. The van der Waals surface area contributed by atoms with E-state index in [1.165, 1.54) is 52.8 Å². The Kier molecular flexibility index (Phi) is 3.55. The van der Waals surface area contributed by atoms with E-state index < -0.39 is 0 Å². The normalized spacial score (nSPS) is 20.3. The van der Waals surface area contributed by atoms with E-state index in [0.717, 1.165) is 17.8 Å². The van der Waals surface area contributed by atoms with Gasteiger partial charge in [0.1, 0.15) is 0 Å². The van der Waals surface area contributed by atoms with Gasteiger partial charge in [-0.25, -0.2) is 0 Å². The summed E-state index contributed by atoms with van der Waals surface area (Å²) in [5, 5.41) is 5.29. The van der Waals surface area contributed by atoms with Gasteiger partial charge in [0, 0.05) is 15.6 Å². The van der Waals surface area contributed by atoms with Crippen molar-refractivity contribution in [3.63, 3.8) is 0 Å². The molecule has 2 fully saturated rings. The largest absolute Gasteiger partial charge is 0.309 e. The fourth-order valence-corrected chi connectivity index (χ4v) is 5.02. The topological polar surface area (TPSA) is 12.0 Å². The molecule has 2 aliphatic carbocycles. The van der Waals surface area contributed by atoms with Crippen LogP contribution in [-0.4, -0.2) is 6.54 Å². The van der Waals surface area contributed by atoms with E-state index in [0.29, 0.717) is 6.04 Å². The Bertz CT molecular complexity index is 624. The molecule has 1 nitrogen and oxygen atoms in total. The molecule has 1 N–H and O–H groups in total. The first-order valence-corrected chi connectivity index (χ1v) is 9.27. The third-order valence-electron chi connectivity index (χ3n) is 5.39. The Balaban J connectivity index is 1.47. The van der Waals surface area contributed by atoms with Crippen molar-refractivity contribution in [2.45, 2.75) is 45.6 Å². The summed E-state index contributed by atoms with van der Waals surface area (Å²) in [6, 6.07) is 9.30. The second-order valence-electron chi connectivity index (χ2n) is 7.06. The highest BCUT2D eigenvalue weighted by Gasteiger charge is 2.41. The van der Waals surface area contributed by atoms with E-state index in [1.54, 1.807) is 0 Å². The molecule has 21 heavy (non-hydrogen) atoms. The number of rotatable bonds is 6. The van der Waals surface area contributed by atoms with Crippen LogP contribution in [0.4, 0.5) is 0 Å². The van der Waals surface area contributed by atoms with Crippen LogP contribution in [-0.2, 0) is 0 Å². The fourth-order valence-electron chi connectivity index (χ4n) is 3.78. The molecule has 4 rings (SSSR count). The molecule has 0 amide bonds. The van der Waals surface area contributed by atoms with Gasteiger partial charge in [0.05, 0.1) is 0 Å². The molecule has 2 aromatic rings. The zero-order valence-electron chi connectivity index (χ0n) is 13.1. The third kappa shape index (κ3) is 2.76. The van der Waals surface area contributed by atoms with Crippen LogP contribution in [0.5, 0.6) is 0 Å². The molecule has 0 saturated heterocycles. The van der Waals surface area contributed by atoms with E-state index >= 15 is 0 Å². The molecule has 0 aliphatic heterocycles. The Hall–Kier alpha value is -0.860. The van der Waals surface area contributed by atoms with Crippen LogP contribution in [0.2, 0.25) is 0 Å². The summed E-state index contributed by atoms with van der Waals surface area (Å²) < 4.78 is 1.43. The van der Waals surface area contributed by atoms with E-state index in [9.17, 15) is 0 Å². The third-order valence-corrected chi connectivity index (χ3v) is 6.84. The predicted molar refractivity (Wildman–Crippen MR) is 91.9 cm³/mol. The van der Waals surface area contributed by atoms with Crippen molar-refractivity contribution in [2.75, 3.05) is 6.54 Å². The van der Waals surface area contributed by atoms with Crippen LogP contribution >= 0.6 is 11.3 Å². The lowest BCUT2D eigenvalue weighted by atomic mass is 9.97. The maximum absolute atomic E-state index is 3.85. The highest BCUT2D eigenvalue weighted by molar-refractivity contribution is 7.19. The zero-order chi connectivity index (χ0) is 14.4. The monoisotopic (exact) mass is 299 g/mol. The van der Waals surface area contributed by atoms with Crippen molar-refractivity contribution in [2.24, 2.45) is 17.8 Å². The number of hydrogen-bond acceptors (Lipinski definition) is 2. The van der Waals surface area contributed by atoms with Crippen LogP contribution in [0.1, 0.15) is 49.1 Å². The molecule has 1 atom stereocenters. The van der Waals surface area contributed by atoms with Gasteiger partial charge in [-0.1, -0.05) is 18.2 Å². The van der Waals surface area contributed by atoms with E-state index in [4.69, 9.17) is 0 Å². The van der Waals surface area contributed by atoms with Crippen molar-refractivity contribution in [1.29, 1.82) is 0 Å². The van der Waals surface area contributed by atoms with Crippen LogP contribution in [0.15, 0.2) is 24.3 Å². The van der Waals surface area contributed by atoms with Gasteiger partial charge in [-0.2, -0.15) is 0 Å². The van der Waals surface area contributed by atoms with Crippen LogP contribution < -0.4 is 5.32 Å². The van der Waals surface area contributed by atoms with Crippen molar-refractivity contribution in [3.8, 4) is 0 Å². The first kappa shape index (κ1) is 13.8. The van der Waals surface area contributed by atoms with Gasteiger partial charge in [0.25, 0.3) is 0 Å². The van der Waals surface area contributed by atoms with Gasteiger partial charge in [0.15, 0.2) is 0 Å². The maximum Gasteiger partial charge on any atom is 0.0389 e. The summed E-state index contributed by atoms with van der Waals surface area (Å²) in [7, 11) is 0. The lowest BCUT2D eigenvalue weighted by molar-refractivity contribution is 0.363. The number of thiophene rings is 1. The molecule has 1 aromatic heterocycles. The molecule has 1 aromatic carbocycles. The van der Waals surface area contributed by atoms with Gasteiger partial charge in [-0.15, -0.1) is 11.3 Å². The minimum Gasteiger partial charge on any atom is -0.309 e. The highest BCUT2D eigenvalue weighted by atomic mass is 32.1. The van der Waals surface area contributed by atoms with Crippen LogP contribution in [0.25, 0.3) is 10.1 Å². The standard InChI is InChI=1S/C19H25NS/c1-12-16-5-3-4-6-18(16)21-19(12)13(2)20-11-17(14-7-8-14)15-9-10-15/h3-6,13-15,17,20H,7-11H2,1-2H3. The van der Waals surface area contributed by atoms with Crippen LogP contribution in [0.3, 0.4) is 0 Å². The Labute approximate surface area is 131 Å². The van der Waals surface area contributed by atoms with E-state index in [-0.39, 0.29) is 0 Å². The minimum atomic E-state index is 0.488. The highest BCUT2D eigenvalue weighted by Crippen LogP contribution is 2.49. The Morgan fingerprint density at radius 1 is 1.14 bits per heavy atom. The molecule has 112 valence electrons. The first-order chi connectivity index (χ1) is 10.2. The van der Waals surface area contributed by atoms with Crippen molar-refractivity contribution in [3.05, 3.63) is 34.7 Å². The Morgan fingerprint density at radius 3 is 2.43 bits per heavy atom. The number of fused-ring (bicyclic) bond motifs is 1. The summed E-state index contributed by atoms with van der Waals surface area (Å²) in [6.07, 6.45) is 5.94. The molecule has 2 heteroatoms. The summed E-state index contributed by atoms with van der Waals surface area (Å²) in [5.74, 6) is 3.04. The second kappa shape index (κ2) is 5.40. The SMILES string of the molecule is Cc1c(C(C)NCC(C2CC2)C2CC2)sc2ccccc12. The fraction of sp³-hybridized carbons (Fsp3) is 0.579. The average Bonchev–Trinajstić information content (AvgIpc) is 3.39. The number of nitrogens with one attached hydrogen (secondary N) is 1. The number of benzene rings is 1. The predicted octanol–water partition coefficient (Wildman–Crippen LogP) is 5.30. The summed E-state index contributed by atoms with van der Waals surface area (Å²) >= 11 is 1.97. The molecule has 1 unspecified atom stereocenters. The molecule has 1 heterocycles. The molecular formula is C19H25NS. The summed E-state index contributed by atoms with van der Waals surface area (Å²) in [5.41, 5.74) is 1.48. The van der Waals surface area contributed by atoms with Crippen LogP contribution in [0, 0.1) is 24.7 Å². The van der Waals surface area contributed by atoms with Crippen molar-refractivity contribution < 1.29 is 0 Å². The minimum absolute atomic E-state index is 0.488. The molecule has 2 saturated carbocycles. The van der Waals surface area contributed by atoms with Gasteiger partial charge < -0.3 is 5.32 Å². The van der Waals surface area contributed by atoms with Crippen molar-refractivity contribution >= 4 is 21.4 Å². The smallest absolute Gasteiger partial charge is 0.0389 e. The molecule has 0 bridgehead atoms. The van der Waals surface area contributed by atoms with Gasteiger partial charge in [0.2, 0.25) is 0 Å². The summed E-state index contributed by atoms with van der Waals surface area (Å²) in [4.78, 5) is 1.53. The van der Waals surface area contributed by atoms with Gasteiger partial charge in [-0.3, -0.25) is 0 Å². The molecule has 0 spiro atoms. The average molecular weight is 299 g/mol. The Morgan fingerprint density at radius 2 is 1.81 bits per heavy atom. The second-order valence-corrected chi connectivity index (χ2v) is 8.14. The summed E-state index contributed by atoms with van der Waals surface area (Å²) in [6.45, 7) is 5.85. The van der Waals surface area contributed by atoms with E-state index in [2.05, 4.69) is 43.4 Å². The molecule has 2 aliphatic rings. The number of hydrogen-bond donors (Lipinski definition) is 1. The number of aryl methyl sites for hydroxylation is 1. The molecular weight excluding hydrogens is 274 g/mol. The first-order valence-electron chi connectivity index (χ1n) is 8.45. The van der Waals surface area contributed by atoms with Gasteiger partial charge >= 0.3 is 0 Å². The maximum atomic E-state index is 3.85. The lowest BCUT2D eigenvalue weighted by Crippen LogP contribution is -2.28. The molecule has 0 radical (unpaired) electrons.